The van der Waals surface area contributed by atoms with Gasteiger partial charge in [0.2, 0.25) is 5.91 Å². The van der Waals surface area contributed by atoms with Gasteiger partial charge in [0.1, 0.15) is 12.3 Å². The van der Waals surface area contributed by atoms with Crippen LogP contribution in [0.3, 0.4) is 0 Å². The van der Waals surface area contributed by atoms with Gasteiger partial charge in [-0.25, -0.2) is 8.42 Å². The van der Waals surface area contributed by atoms with Crippen molar-refractivity contribution in [2.75, 3.05) is 18.0 Å². The van der Waals surface area contributed by atoms with Crippen LogP contribution in [0.1, 0.15) is 20.3 Å². The van der Waals surface area contributed by atoms with Crippen LogP contribution in [0.15, 0.2) is 53.4 Å². The Labute approximate surface area is 165 Å². The predicted octanol–water partition coefficient (Wildman–Crippen LogP) is 3.46. The first-order chi connectivity index (χ1) is 12.8. The fraction of sp³-hybridized carbons (Fsp3) is 0.316. The molecule has 0 spiro atoms. The van der Waals surface area contributed by atoms with Crippen molar-refractivity contribution in [2.45, 2.75) is 31.2 Å². The van der Waals surface area contributed by atoms with Crippen LogP contribution < -0.4 is 14.4 Å². The Kier molecular flexibility index (Phi) is 7.10. The second-order valence-corrected chi connectivity index (χ2v) is 8.32. The Morgan fingerprint density at radius 2 is 1.89 bits per heavy atom. The van der Waals surface area contributed by atoms with Gasteiger partial charge in [-0.3, -0.25) is 9.10 Å². The summed E-state index contributed by atoms with van der Waals surface area (Å²) in [7, 11) is -2.58. The molecule has 0 saturated carbocycles. The van der Waals surface area contributed by atoms with Crippen molar-refractivity contribution in [3.05, 3.63) is 53.6 Å². The molecule has 6 nitrogen and oxygen atoms in total. The Hall–Kier alpha value is -2.25. The van der Waals surface area contributed by atoms with Crippen LogP contribution >= 0.6 is 11.6 Å². The minimum absolute atomic E-state index is 0.0694. The summed E-state index contributed by atoms with van der Waals surface area (Å²) in [5.41, 5.74) is 0.202. The number of amides is 1. The van der Waals surface area contributed by atoms with Crippen LogP contribution in [0.2, 0.25) is 5.02 Å². The number of rotatable bonds is 8. The first-order valence-electron chi connectivity index (χ1n) is 8.50. The molecule has 0 heterocycles. The van der Waals surface area contributed by atoms with Gasteiger partial charge >= 0.3 is 0 Å². The van der Waals surface area contributed by atoms with E-state index in [0.717, 1.165) is 10.7 Å². The van der Waals surface area contributed by atoms with E-state index in [9.17, 15) is 13.2 Å². The lowest BCUT2D eigenvalue weighted by Crippen LogP contribution is -2.43. The summed E-state index contributed by atoms with van der Waals surface area (Å²) in [6, 6.07) is 12.5. The standard InChI is InChI=1S/C19H23ClN2O4S/c1-4-14(2)21-19(23)13-22(17-12-15(20)10-11-18(17)26-3)27(24,25)16-8-6-5-7-9-16/h5-12,14H,4,13H2,1-3H3,(H,21,23). The molecule has 27 heavy (non-hydrogen) atoms. The lowest BCUT2D eigenvalue weighted by molar-refractivity contribution is -0.120. The zero-order valence-electron chi connectivity index (χ0n) is 15.5. The van der Waals surface area contributed by atoms with E-state index in [1.807, 2.05) is 13.8 Å². The van der Waals surface area contributed by atoms with E-state index in [4.69, 9.17) is 16.3 Å². The Morgan fingerprint density at radius 3 is 2.48 bits per heavy atom. The number of carbonyl (C=O) groups is 1. The van der Waals surface area contributed by atoms with Gasteiger partial charge in [-0.1, -0.05) is 36.7 Å². The minimum Gasteiger partial charge on any atom is -0.495 e. The maximum absolute atomic E-state index is 13.3. The van der Waals surface area contributed by atoms with Crippen molar-refractivity contribution >= 4 is 33.2 Å². The number of sulfonamides is 1. The summed E-state index contributed by atoms with van der Waals surface area (Å²) in [5.74, 6) is -0.110. The van der Waals surface area contributed by atoms with E-state index in [0.29, 0.717) is 10.8 Å². The molecule has 0 aromatic heterocycles. The number of anilines is 1. The predicted molar refractivity (Wildman–Crippen MR) is 107 cm³/mol. The van der Waals surface area contributed by atoms with Crippen molar-refractivity contribution in [1.29, 1.82) is 0 Å². The zero-order chi connectivity index (χ0) is 20.0. The van der Waals surface area contributed by atoms with Crippen molar-refractivity contribution in [2.24, 2.45) is 0 Å². The zero-order valence-corrected chi connectivity index (χ0v) is 17.0. The number of ether oxygens (including phenoxy) is 1. The van der Waals surface area contributed by atoms with E-state index in [1.165, 1.54) is 25.3 Å². The average molecular weight is 411 g/mol. The molecule has 1 amide bonds. The molecule has 146 valence electrons. The number of benzene rings is 2. The fourth-order valence-corrected chi connectivity index (χ4v) is 4.04. The quantitative estimate of drug-likeness (QED) is 0.723. The van der Waals surface area contributed by atoms with E-state index >= 15 is 0 Å². The third-order valence-corrected chi connectivity index (χ3v) is 6.06. The maximum atomic E-state index is 13.3. The molecule has 8 heteroatoms. The van der Waals surface area contributed by atoms with Gasteiger partial charge in [-0.05, 0) is 43.7 Å². The van der Waals surface area contributed by atoms with Crippen LogP contribution in [0.25, 0.3) is 0 Å². The molecule has 0 radical (unpaired) electrons. The second kappa shape index (κ2) is 9.10. The molecular weight excluding hydrogens is 388 g/mol. The van der Waals surface area contributed by atoms with Crippen LogP contribution in [0.5, 0.6) is 5.75 Å². The molecule has 0 aliphatic carbocycles. The number of halogens is 1. The Bertz CT molecular complexity index is 888. The number of hydrogen-bond donors (Lipinski definition) is 1. The molecule has 2 aromatic rings. The minimum atomic E-state index is -4.01. The monoisotopic (exact) mass is 410 g/mol. The summed E-state index contributed by atoms with van der Waals surface area (Å²) in [5, 5.41) is 3.12. The number of hydrogen-bond acceptors (Lipinski definition) is 4. The summed E-state index contributed by atoms with van der Waals surface area (Å²) < 4.78 is 32.8. The van der Waals surface area contributed by atoms with Gasteiger partial charge in [-0.15, -0.1) is 0 Å². The van der Waals surface area contributed by atoms with Gasteiger partial charge in [-0.2, -0.15) is 0 Å². The van der Waals surface area contributed by atoms with Gasteiger partial charge in [0.15, 0.2) is 0 Å². The Balaban J connectivity index is 2.53. The molecule has 0 bridgehead atoms. The van der Waals surface area contributed by atoms with Crippen LogP contribution in [0, 0.1) is 0 Å². The number of methoxy groups -OCH3 is 1. The highest BCUT2D eigenvalue weighted by Gasteiger charge is 2.29. The molecule has 2 aromatic carbocycles. The van der Waals surface area contributed by atoms with Crippen molar-refractivity contribution in [1.82, 2.24) is 5.32 Å². The van der Waals surface area contributed by atoms with E-state index < -0.39 is 22.5 Å². The number of carbonyl (C=O) groups excluding carboxylic acids is 1. The third-order valence-electron chi connectivity index (χ3n) is 4.05. The van der Waals surface area contributed by atoms with Crippen LogP contribution in [-0.2, 0) is 14.8 Å². The fourth-order valence-electron chi connectivity index (χ4n) is 2.43. The molecular formula is C19H23ClN2O4S. The van der Waals surface area contributed by atoms with E-state index in [2.05, 4.69) is 5.32 Å². The lowest BCUT2D eigenvalue weighted by Gasteiger charge is -2.26. The van der Waals surface area contributed by atoms with Gasteiger partial charge < -0.3 is 10.1 Å². The average Bonchev–Trinajstić information content (AvgIpc) is 2.66. The third kappa shape index (κ3) is 5.14. The second-order valence-electron chi connectivity index (χ2n) is 6.02. The van der Waals surface area contributed by atoms with E-state index in [-0.39, 0.29) is 16.6 Å². The summed E-state index contributed by atoms with van der Waals surface area (Å²) in [4.78, 5) is 12.5. The molecule has 0 aliphatic rings. The summed E-state index contributed by atoms with van der Waals surface area (Å²) in [6.07, 6.45) is 0.734. The van der Waals surface area contributed by atoms with Crippen molar-refractivity contribution in [3.63, 3.8) is 0 Å². The normalized spacial score (nSPS) is 12.3. The summed E-state index contributed by atoms with van der Waals surface area (Å²) in [6.45, 7) is 3.40. The molecule has 1 unspecified atom stereocenters. The van der Waals surface area contributed by atoms with Gasteiger partial charge in [0, 0.05) is 11.1 Å². The smallest absolute Gasteiger partial charge is 0.264 e. The first kappa shape index (κ1) is 21.1. The van der Waals surface area contributed by atoms with E-state index in [1.54, 1.807) is 30.3 Å². The van der Waals surface area contributed by atoms with Crippen LogP contribution in [0.4, 0.5) is 5.69 Å². The maximum Gasteiger partial charge on any atom is 0.264 e. The molecule has 2 rings (SSSR count). The highest BCUT2D eigenvalue weighted by atomic mass is 35.5. The number of nitrogens with one attached hydrogen (secondary N) is 1. The lowest BCUT2D eigenvalue weighted by atomic mass is 10.2. The van der Waals surface area contributed by atoms with Gasteiger partial charge in [0.05, 0.1) is 17.7 Å². The highest BCUT2D eigenvalue weighted by molar-refractivity contribution is 7.92. The molecule has 1 N–H and O–H groups in total. The SMILES string of the molecule is CCC(C)NC(=O)CN(c1cc(Cl)ccc1OC)S(=O)(=O)c1ccccc1. The van der Waals surface area contributed by atoms with Gasteiger partial charge in [0.25, 0.3) is 10.0 Å². The molecule has 1 atom stereocenters. The van der Waals surface area contributed by atoms with Crippen LogP contribution in [-0.4, -0.2) is 34.0 Å². The molecule has 0 saturated heterocycles. The number of nitrogens with zero attached hydrogens (tertiary/aromatic N) is 1. The largest absolute Gasteiger partial charge is 0.495 e. The first-order valence-corrected chi connectivity index (χ1v) is 10.3. The highest BCUT2D eigenvalue weighted by Crippen LogP contribution is 2.34. The van der Waals surface area contributed by atoms with Crippen molar-refractivity contribution in [3.8, 4) is 5.75 Å². The topological polar surface area (TPSA) is 75.7 Å². The summed E-state index contributed by atoms with van der Waals surface area (Å²) >= 11 is 6.08. The molecule has 0 fully saturated rings. The Morgan fingerprint density at radius 1 is 1.22 bits per heavy atom. The molecule has 0 aliphatic heterocycles. The van der Waals surface area contributed by atoms with Crippen molar-refractivity contribution < 1.29 is 17.9 Å².